The number of ether oxygens (including phenoxy) is 1. The predicted molar refractivity (Wildman–Crippen MR) is 56.2 cm³/mol. The molecule has 0 heterocycles. The first-order valence-electron chi connectivity index (χ1n) is 4.93. The van der Waals surface area contributed by atoms with E-state index in [2.05, 4.69) is 5.32 Å². The minimum absolute atomic E-state index is 0.0879. The normalized spacial score (nSPS) is 12.8. The van der Waals surface area contributed by atoms with Crippen LogP contribution in [0.25, 0.3) is 0 Å². The molecule has 0 saturated carbocycles. The molecule has 0 spiro atoms. The first-order valence-corrected chi connectivity index (χ1v) is 4.93. The maximum absolute atomic E-state index is 13.0. The fourth-order valence-electron chi connectivity index (χ4n) is 1.32. The van der Waals surface area contributed by atoms with Crippen LogP contribution in [0.3, 0.4) is 0 Å². The molecule has 1 unspecified atom stereocenters. The summed E-state index contributed by atoms with van der Waals surface area (Å²) < 4.78 is 30.8. The molecule has 0 aliphatic carbocycles. The molecule has 1 atom stereocenters. The van der Waals surface area contributed by atoms with E-state index in [1.54, 1.807) is 7.11 Å². The van der Waals surface area contributed by atoms with Gasteiger partial charge in [0.1, 0.15) is 0 Å². The lowest BCUT2D eigenvalue weighted by molar-refractivity contribution is 0.171. The van der Waals surface area contributed by atoms with Crippen molar-refractivity contribution in [3.63, 3.8) is 0 Å². The first kappa shape index (κ1) is 12.9. The Labute approximate surface area is 93.0 Å². The Hall–Kier alpha value is -1.20. The summed E-state index contributed by atoms with van der Waals surface area (Å²) in [5.74, 6) is -2.83. The Morgan fingerprint density at radius 1 is 1.38 bits per heavy atom. The third-order valence-corrected chi connectivity index (χ3v) is 2.15. The quantitative estimate of drug-likeness (QED) is 0.811. The molecule has 90 valence electrons. The van der Waals surface area contributed by atoms with Gasteiger partial charge in [-0.15, -0.1) is 0 Å². The number of nitrogens with one attached hydrogen (secondary N) is 1. The molecule has 1 rings (SSSR count). The van der Waals surface area contributed by atoms with Gasteiger partial charge in [0.05, 0.1) is 6.61 Å². The molecule has 0 bridgehead atoms. The van der Waals surface area contributed by atoms with E-state index in [0.29, 0.717) is 18.7 Å². The van der Waals surface area contributed by atoms with Crippen LogP contribution in [0.5, 0.6) is 5.75 Å². The van der Waals surface area contributed by atoms with Gasteiger partial charge in [-0.3, -0.25) is 0 Å². The van der Waals surface area contributed by atoms with Crippen LogP contribution in [0.15, 0.2) is 12.1 Å². The highest BCUT2D eigenvalue weighted by molar-refractivity contribution is 5.29. The summed E-state index contributed by atoms with van der Waals surface area (Å²) >= 11 is 0. The van der Waals surface area contributed by atoms with Crippen molar-refractivity contribution >= 4 is 0 Å². The standard InChI is InChI=1S/C11H15F2NO2/c1-7(6-16-2)14-5-8-3-9(12)11(15)10(13)4-8/h3-4,7,14-15H,5-6H2,1-2H3. The zero-order valence-corrected chi connectivity index (χ0v) is 9.26. The lowest BCUT2D eigenvalue weighted by atomic mass is 10.2. The van der Waals surface area contributed by atoms with Gasteiger partial charge in [0.15, 0.2) is 17.4 Å². The summed E-state index contributed by atoms with van der Waals surface area (Å²) in [5.41, 5.74) is 0.441. The largest absolute Gasteiger partial charge is 0.503 e. The Morgan fingerprint density at radius 2 is 1.94 bits per heavy atom. The molecule has 0 aliphatic rings. The summed E-state index contributed by atoms with van der Waals surface area (Å²) in [6, 6.07) is 2.29. The number of aromatic hydroxyl groups is 1. The second kappa shape index (κ2) is 5.77. The summed E-state index contributed by atoms with van der Waals surface area (Å²) in [6.45, 7) is 2.73. The van der Waals surface area contributed by atoms with Gasteiger partial charge in [-0.2, -0.15) is 0 Å². The fraction of sp³-hybridized carbons (Fsp3) is 0.455. The molecule has 3 nitrogen and oxygen atoms in total. The van der Waals surface area contributed by atoms with Gasteiger partial charge < -0.3 is 15.2 Å². The van der Waals surface area contributed by atoms with Crippen LogP contribution in [-0.4, -0.2) is 24.9 Å². The number of rotatable bonds is 5. The molecule has 0 amide bonds. The number of hydrogen-bond donors (Lipinski definition) is 2. The van der Waals surface area contributed by atoms with E-state index in [9.17, 15) is 8.78 Å². The van der Waals surface area contributed by atoms with E-state index in [1.807, 2.05) is 6.92 Å². The molecular formula is C11H15F2NO2. The Bertz CT molecular complexity index is 335. The molecule has 0 radical (unpaired) electrons. The van der Waals surface area contributed by atoms with Crippen molar-refractivity contribution in [2.45, 2.75) is 19.5 Å². The molecular weight excluding hydrogens is 216 g/mol. The van der Waals surface area contributed by atoms with Crippen LogP contribution in [-0.2, 0) is 11.3 Å². The average molecular weight is 231 g/mol. The summed E-state index contributed by atoms with van der Waals surface area (Å²) in [5, 5.41) is 11.9. The average Bonchev–Trinajstić information content (AvgIpc) is 2.23. The Kier molecular flexibility index (Phi) is 4.64. The van der Waals surface area contributed by atoms with Crippen LogP contribution >= 0.6 is 0 Å². The Morgan fingerprint density at radius 3 is 2.44 bits per heavy atom. The molecule has 0 aliphatic heterocycles. The van der Waals surface area contributed by atoms with Crippen LogP contribution in [0.4, 0.5) is 8.78 Å². The zero-order chi connectivity index (χ0) is 12.1. The van der Waals surface area contributed by atoms with Crippen molar-refractivity contribution in [3.8, 4) is 5.75 Å². The van der Waals surface area contributed by atoms with Crippen LogP contribution in [0.2, 0.25) is 0 Å². The fourth-order valence-corrected chi connectivity index (χ4v) is 1.32. The monoisotopic (exact) mass is 231 g/mol. The number of hydrogen-bond acceptors (Lipinski definition) is 3. The second-order valence-electron chi connectivity index (χ2n) is 3.65. The summed E-state index contributed by atoms with van der Waals surface area (Å²) in [7, 11) is 1.58. The number of phenols is 1. The number of phenolic OH excluding ortho intramolecular Hbond substituents is 1. The number of methoxy groups -OCH3 is 1. The van der Waals surface area contributed by atoms with E-state index in [-0.39, 0.29) is 6.04 Å². The highest BCUT2D eigenvalue weighted by Crippen LogP contribution is 2.21. The van der Waals surface area contributed by atoms with Crippen LogP contribution in [0, 0.1) is 11.6 Å². The number of benzene rings is 1. The third kappa shape index (κ3) is 3.43. The maximum atomic E-state index is 13.0. The van der Waals surface area contributed by atoms with Gasteiger partial charge >= 0.3 is 0 Å². The molecule has 2 N–H and O–H groups in total. The van der Waals surface area contributed by atoms with Crippen LogP contribution < -0.4 is 5.32 Å². The van der Waals surface area contributed by atoms with Crippen LogP contribution in [0.1, 0.15) is 12.5 Å². The molecule has 1 aromatic rings. The van der Waals surface area contributed by atoms with Crippen molar-refractivity contribution in [1.29, 1.82) is 0 Å². The summed E-state index contributed by atoms with van der Waals surface area (Å²) in [4.78, 5) is 0. The molecule has 1 aromatic carbocycles. The van der Waals surface area contributed by atoms with Crippen molar-refractivity contribution in [3.05, 3.63) is 29.3 Å². The smallest absolute Gasteiger partial charge is 0.187 e. The summed E-state index contributed by atoms with van der Waals surface area (Å²) in [6.07, 6.45) is 0. The lowest BCUT2D eigenvalue weighted by Gasteiger charge is -2.12. The van der Waals surface area contributed by atoms with Crippen molar-refractivity contribution in [2.24, 2.45) is 0 Å². The van der Waals surface area contributed by atoms with Gasteiger partial charge in [-0.05, 0) is 24.6 Å². The second-order valence-corrected chi connectivity index (χ2v) is 3.65. The predicted octanol–water partition coefficient (Wildman–Crippen LogP) is 1.79. The van der Waals surface area contributed by atoms with Gasteiger partial charge in [0.2, 0.25) is 0 Å². The first-order chi connectivity index (χ1) is 7.54. The van der Waals surface area contributed by atoms with Gasteiger partial charge in [-0.25, -0.2) is 8.78 Å². The van der Waals surface area contributed by atoms with Gasteiger partial charge in [0.25, 0.3) is 0 Å². The van der Waals surface area contributed by atoms with E-state index < -0.39 is 17.4 Å². The maximum Gasteiger partial charge on any atom is 0.187 e. The highest BCUT2D eigenvalue weighted by atomic mass is 19.1. The minimum atomic E-state index is -0.948. The highest BCUT2D eigenvalue weighted by Gasteiger charge is 2.09. The third-order valence-electron chi connectivity index (χ3n) is 2.15. The lowest BCUT2D eigenvalue weighted by Crippen LogP contribution is -2.29. The van der Waals surface area contributed by atoms with E-state index in [0.717, 1.165) is 12.1 Å². The van der Waals surface area contributed by atoms with Crippen molar-refractivity contribution in [2.75, 3.05) is 13.7 Å². The molecule has 16 heavy (non-hydrogen) atoms. The SMILES string of the molecule is COCC(C)NCc1cc(F)c(O)c(F)c1. The number of halogens is 2. The van der Waals surface area contributed by atoms with E-state index >= 15 is 0 Å². The molecule has 0 saturated heterocycles. The zero-order valence-electron chi connectivity index (χ0n) is 9.26. The molecule has 5 heteroatoms. The van der Waals surface area contributed by atoms with Gasteiger partial charge in [-0.1, -0.05) is 0 Å². The van der Waals surface area contributed by atoms with Gasteiger partial charge in [0, 0.05) is 19.7 Å². The molecule has 0 aromatic heterocycles. The van der Waals surface area contributed by atoms with E-state index in [4.69, 9.17) is 9.84 Å². The van der Waals surface area contributed by atoms with E-state index in [1.165, 1.54) is 0 Å². The van der Waals surface area contributed by atoms with Crippen molar-refractivity contribution in [1.82, 2.24) is 5.32 Å². The minimum Gasteiger partial charge on any atom is -0.503 e. The van der Waals surface area contributed by atoms with Crippen molar-refractivity contribution < 1.29 is 18.6 Å². The molecule has 0 fully saturated rings. The topological polar surface area (TPSA) is 41.5 Å². The Balaban J connectivity index is 2.61.